The lowest BCUT2D eigenvalue weighted by atomic mass is 10.1. The van der Waals surface area contributed by atoms with Crippen LogP contribution in [0.3, 0.4) is 0 Å². The lowest BCUT2D eigenvalue weighted by molar-refractivity contribution is 0.513. The fourth-order valence-corrected chi connectivity index (χ4v) is 3.55. The molecule has 3 heterocycles. The van der Waals surface area contributed by atoms with Crippen molar-refractivity contribution in [3.05, 3.63) is 66.7 Å². The zero-order chi connectivity index (χ0) is 19.3. The van der Waals surface area contributed by atoms with Crippen LogP contribution in [-0.2, 0) is 0 Å². The molecule has 3 aromatic heterocycles. The van der Waals surface area contributed by atoms with E-state index in [0.717, 1.165) is 5.56 Å². The minimum atomic E-state index is -0.506. The van der Waals surface area contributed by atoms with Crippen LogP contribution in [0.25, 0.3) is 28.3 Å². The van der Waals surface area contributed by atoms with E-state index in [1.54, 1.807) is 30.5 Å². The maximum absolute atomic E-state index is 12.6. The molecule has 0 aliphatic rings. The summed E-state index contributed by atoms with van der Waals surface area (Å²) in [6.45, 7) is 3.65. The Morgan fingerprint density at radius 3 is 2.74 bits per heavy atom. The van der Waals surface area contributed by atoms with Gasteiger partial charge in [-0.3, -0.25) is 0 Å². The lowest BCUT2D eigenvalue weighted by Crippen LogP contribution is -2.08. The summed E-state index contributed by atoms with van der Waals surface area (Å²) in [5, 5.41) is 5.67. The van der Waals surface area contributed by atoms with Crippen molar-refractivity contribution < 1.29 is 4.42 Å². The Balaban J connectivity index is 2.02. The predicted octanol–water partition coefficient (Wildman–Crippen LogP) is 5.12. The summed E-state index contributed by atoms with van der Waals surface area (Å²) in [4.78, 5) is 21.4. The molecule has 0 spiro atoms. The fourth-order valence-electron chi connectivity index (χ4n) is 2.83. The maximum Gasteiger partial charge on any atom is 0.347 e. The van der Waals surface area contributed by atoms with Crippen molar-refractivity contribution in [2.24, 2.45) is 0 Å². The van der Waals surface area contributed by atoms with Crippen LogP contribution in [0.4, 0.5) is 0 Å². The van der Waals surface area contributed by atoms with Crippen LogP contribution in [0.1, 0.15) is 11.1 Å². The van der Waals surface area contributed by atoms with E-state index < -0.39 is 5.63 Å². The number of rotatable bonds is 2. The van der Waals surface area contributed by atoms with Crippen molar-refractivity contribution in [2.75, 3.05) is 0 Å². The zero-order valence-electron chi connectivity index (χ0n) is 14.1. The highest BCUT2D eigenvalue weighted by Gasteiger charge is 2.20. The van der Waals surface area contributed by atoms with Crippen LogP contribution in [0, 0.1) is 13.8 Å². The third kappa shape index (κ3) is 3.05. The normalized spacial score (nSPS) is 11.3. The molecule has 0 aliphatic carbocycles. The summed E-state index contributed by atoms with van der Waals surface area (Å²) in [6, 6.07) is 6.76. The first-order chi connectivity index (χ1) is 12.9. The maximum atomic E-state index is 12.6. The highest BCUT2D eigenvalue weighted by atomic mass is 79.9. The molecule has 0 aliphatic heterocycles. The molecule has 0 radical (unpaired) electrons. The number of aromatic nitrogens is 4. The number of hydrogen-bond acceptors (Lipinski definition) is 5. The molecule has 0 amide bonds. The Kier molecular flexibility index (Phi) is 4.53. The van der Waals surface area contributed by atoms with Crippen molar-refractivity contribution in [1.82, 2.24) is 19.7 Å². The van der Waals surface area contributed by atoms with Gasteiger partial charge >= 0.3 is 5.63 Å². The van der Waals surface area contributed by atoms with Crippen molar-refractivity contribution >= 4 is 50.0 Å². The van der Waals surface area contributed by atoms with Gasteiger partial charge in [-0.1, -0.05) is 23.2 Å². The van der Waals surface area contributed by atoms with Gasteiger partial charge < -0.3 is 4.42 Å². The lowest BCUT2D eigenvalue weighted by Gasteiger charge is -2.09. The summed E-state index contributed by atoms with van der Waals surface area (Å²) in [6.07, 6.45) is 1.59. The largest absolute Gasteiger partial charge is 0.401 e. The minimum absolute atomic E-state index is 0.0930. The topological polar surface area (TPSA) is 73.8 Å². The second-order valence-electron chi connectivity index (χ2n) is 5.91. The number of pyridine rings is 1. The van der Waals surface area contributed by atoms with Crippen LogP contribution in [0.2, 0.25) is 10.0 Å². The molecule has 136 valence electrons. The number of halogens is 3. The van der Waals surface area contributed by atoms with Crippen LogP contribution < -0.4 is 5.63 Å². The molecule has 0 unspecified atom stereocenters. The van der Waals surface area contributed by atoms with Gasteiger partial charge in [0.2, 0.25) is 5.89 Å². The van der Waals surface area contributed by atoms with Crippen LogP contribution >= 0.6 is 39.1 Å². The second-order valence-corrected chi connectivity index (χ2v) is 7.51. The van der Waals surface area contributed by atoms with Gasteiger partial charge in [0, 0.05) is 17.3 Å². The molecule has 0 N–H and O–H groups in total. The molecule has 0 atom stereocenters. The van der Waals surface area contributed by atoms with E-state index >= 15 is 0 Å². The van der Waals surface area contributed by atoms with Crippen molar-refractivity contribution in [2.45, 2.75) is 13.8 Å². The summed E-state index contributed by atoms with van der Waals surface area (Å²) >= 11 is 15.9. The minimum Gasteiger partial charge on any atom is -0.401 e. The molecule has 4 rings (SSSR count). The molecule has 27 heavy (non-hydrogen) atoms. The van der Waals surface area contributed by atoms with Gasteiger partial charge in [-0.15, -0.1) is 0 Å². The number of nitrogens with zero attached hydrogens (tertiary/aromatic N) is 4. The van der Waals surface area contributed by atoms with Crippen LogP contribution in [0.15, 0.2) is 44.3 Å². The average molecular weight is 466 g/mol. The fraction of sp³-hybridized carbons (Fsp3) is 0.111. The van der Waals surface area contributed by atoms with E-state index in [1.165, 1.54) is 4.68 Å². The smallest absolute Gasteiger partial charge is 0.347 e. The molecular formula is C18H11BrCl2N4O2. The Labute approximate surface area is 171 Å². The Morgan fingerprint density at radius 2 is 2.00 bits per heavy atom. The summed E-state index contributed by atoms with van der Waals surface area (Å²) in [5.74, 6) is 0.485. The zero-order valence-corrected chi connectivity index (χ0v) is 17.2. The quantitative estimate of drug-likeness (QED) is 0.410. The molecule has 4 aromatic rings. The van der Waals surface area contributed by atoms with E-state index in [2.05, 4.69) is 31.0 Å². The van der Waals surface area contributed by atoms with Gasteiger partial charge in [0.05, 0.1) is 15.9 Å². The SMILES string of the molecule is Cc1cc2c(=O)oc(-c3cc(Br)nn3-c3ncccc3Cl)nc2c(C)c1Cl. The Bertz CT molecular complexity index is 1270. The van der Waals surface area contributed by atoms with Gasteiger partial charge in [-0.05, 0) is 59.1 Å². The molecule has 0 saturated carbocycles. The van der Waals surface area contributed by atoms with E-state index in [1.807, 2.05) is 13.8 Å². The molecule has 0 saturated heterocycles. The van der Waals surface area contributed by atoms with Gasteiger partial charge in [0.15, 0.2) is 5.82 Å². The monoisotopic (exact) mass is 464 g/mol. The van der Waals surface area contributed by atoms with E-state index in [0.29, 0.717) is 42.6 Å². The third-order valence-electron chi connectivity index (χ3n) is 4.11. The molecule has 6 nitrogen and oxygen atoms in total. The Hall–Kier alpha value is -2.22. The van der Waals surface area contributed by atoms with E-state index in [9.17, 15) is 4.79 Å². The standard InChI is InChI=1S/C18H11BrCl2N4O2/c1-8-6-10-15(9(2)14(8)21)23-17(27-18(10)26)12-7-13(19)24-25(12)16-11(20)4-3-5-22-16/h3-7H,1-2H3. The van der Waals surface area contributed by atoms with Crippen LogP contribution in [-0.4, -0.2) is 19.7 Å². The first-order valence-corrected chi connectivity index (χ1v) is 9.39. The highest BCUT2D eigenvalue weighted by Crippen LogP contribution is 2.30. The van der Waals surface area contributed by atoms with Gasteiger partial charge in [0.25, 0.3) is 0 Å². The first-order valence-electron chi connectivity index (χ1n) is 7.84. The number of fused-ring (bicyclic) bond motifs is 1. The van der Waals surface area contributed by atoms with Crippen molar-refractivity contribution in [1.29, 1.82) is 0 Å². The second kappa shape index (κ2) is 6.74. The number of aryl methyl sites for hydroxylation is 2. The van der Waals surface area contributed by atoms with Gasteiger partial charge in [-0.2, -0.15) is 5.10 Å². The molecule has 1 aromatic carbocycles. The van der Waals surface area contributed by atoms with Gasteiger partial charge in [-0.25, -0.2) is 19.4 Å². The summed E-state index contributed by atoms with van der Waals surface area (Å²) < 4.78 is 7.46. The van der Waals surface area contributed by atoms with Crippen molar-refractivity contribution in [3.63, 3.8) is 0 Å². The van der Waals surface area contributed by atoms with E-state index in [-0.39, 0.29) is 5.89 Å². The average Bonchev–Trinajstić information content (AvgIpc) is 3.02. The number of hydrogen-bond donors (Lipinski definition) is 0. The highest BCUT2D eigenvalue weighted by molar-refractivity contribution is 9.10. The summed E-state index contributed by atoms with van der Waals surface area (Å²) in [5.41, 5.74) is 1.90. The molecule has 0 bridgehead atoms. The third-order valence-corrected chi connectivity index (χ3v) is 5.37. The van der Waals surface area contributed by atoms with Crippen molar-refractivity contribution in [3.8, 4) is 17.4 Å². The first kappa shape index (κ1) is 18.2. The molecular weight excluding hydrogens is 455 g/mol. The number of benzene rings is 1. The predicted molar refractivity (Wildman–Crippen MR) is 108 cm³/mol. The Morgan fingerprint density at radius 1 is 1.22 bits per heavy atom. The van der Waals surface area contributed by atoms with Crippen LogP contribution in [0.5, 0.6) is 0 Å². The molecule has 9 heteroatoms. The van der Waals surface area contributed by atoms with Gasteiger partial charge in [0.1, 0.15) is 10.3 Å². The molecule has 0 fully saturated rings. The van der Waals surface area contributed by atoms with E-state index in [4.69, 9.17) is 27.6 Å². The summed E-state index contributed by atoms with van der Waals surface area (Å²) in [7, 11) is 0.